The van der Waals surface area contributed by atoms with Gasteiger partial charge in [0.25, 0.3) is 0 Å². The Bertz CT molecular complexity index is 6.00. The van der Waals surface area contributed by atoms with Gasteiger partial charge in [0.15, 0.2) is 0 Å². The molecule has 0 amide bonds. The summed E-state index contributed by atoms with van der Waals surface area (Å²) in [5.74, 6) is 0. The zero-order valence-electron chi connectivity index (χ0n) is 1.71. The summed E-state index contributed by atoms with van der Waals surface area (Å²) in [6.07, 6.45) is 0. The van der Waals surface area contributed by atoms with Crippen molar-refractivity contribution in [3.05, 3.63) is 0 Å². The molecule has 0 nitrogen and oxygen atoms in total. The second-order valence-corrected chi connectivity index (χ2v) is 11.0. The van der Waals surface area contributed by atoms with Crippen molar-refractivity contribution in [1.82, 2.24) is 0 Å². The first-order valence-corrected chi connectivity index (χ1v) is 10.5. The summed E-state index contributed by atoms with van der Waals surface area (Å²) in [5.41, 5.74) is 0. The van der Waals surface area contributed by atoms with Crippen molar-refractivity contribution >= 4 is 16.5 Å². The molecule has 0 N–H and O–H groups in total. The summed E-state index contributed by atoms with van der Waals surface area (Å²) >= 11 is 2.91. The molecular formula is S2Ta2. The van der Waals surface area contributed by atoms with Crippen LogP contribution in [0.25, 0.3) is 0 Å². The van der Waals surface area contributed by atoms with Gasteiger partial charge in [0.2, 0.25) is 0 Å². The predicted molar refractivity (Wildman–Crippen MR) is 15.2 cm³/mol. The first-order chi connectivity index (χ1) is 1.91. The molecule has 0 aliphatic carbocycles. The topological polar surface area (TPSA) is 0 Å². The fourth-order valence-corrected chi connectivity index (χ4v) is 0. The average molecular weight is 426 g/mol. The van der Waals surface area contributed by atoms with Crippen molar-refractivity contribution in [2.75, 3.05) is 0 Å². The molecule has 0 bridgehead atoms. The van der Waals surface area contributed by atoms with E-state index in [1.165, 1.54) is 39.5 Å². The van der Waals surface area contributed by atoms with Crippen LogP contribution in [0.15, 0.2) is 0 Å². The molecule has 0 aromatic carbocycles. The molecule has 4 heteroatoms. The zero-order chi connectivity index (χ0) is 3.41. The standard InChI is InChI=1S/S2.2Ta/c1-2;;/q-2;2*+1. The summed E-state index contributed by atoms with van der Waals surface area (Å²) in [6.45, 7) is 0. The van der Waals surface area contributed by atoms with Crippen molar-refractivity contribution in [3.63, 3.8) is 0 Å². The first-order valence-electron chi connectivity index (χ1n) is 0.532. The molecule has 4 heavy (non-hydrogen) atoms. The van der Waals surface area contributed by atoms with Crippen molar-refractivity contribution in [1.29, 1.82) is 0 Å². The molecule has 0 radical (unpaired) electrons. The summed E-state index contributed by atoms with van der Waals surface area (Å²) in [5, 5.41) is 0. The Hall–Kier alpha value is 2.18. The number of hydrogen-bond donors (Lipinski definition) is 0. The monoisotopic (exact) mass is 426 g/mol. The van der Waals surface area contributed by atoms with Gasteiger partial charge in [-0.2, -0.15) is 0 Å². The van der Waals surface area contributed by atoms with Crippen LogP contribution in [0, 0.1) is 0 Å². The Morgan fingerprint density at radius 3 is 1.25 bits per heavy atom. The van der Waals surface area contributed by atoms with Gasteiger partial charge >= 0.3 is 56.0 Å². The van der Waals surface area contributed by atoms with Gasteiger partial charge in [0.1, 0.15) is 0 Å². The van der Waals surface area contributed by atoms with Gasteiger partial charge in [-0.1, -0.05) is 0 Å². The summed E-state index contributed by atoms with van der Waals surface area (Å²) in [7, 11) is 3.87. The summed E-state index contributed by atoms with van der Waals surface area (Å²) in [6, 6.07) is 0. The Morgan fingerprint density at radius 2 is 1.25 bits per heavy atom. The fourth-order valence-electron chi connectivity index (χ4n) is 0. The van der Waals surface area contributed by atoms with Crippen molar-refractivity contribution in [2.24, 2.45) is 0 Å². The van der Waals surface area contributed by atoms with Gasteiger partial charge in [-0.3, -0.25) is 0 Å². The van der Waals surface area contributed by atoms with E-state index >= 15 is 0 Å². The second-order valence-electron chi connectivity index (χ2n) is 0.149. The molecule has 0 rings (SSSR count). The van der Waals surface area contributed by atoms with Gasteiger partial charge in [-0.15, -0.1) is 0 Å². The van der Waals surface area contributed by atoms with E-state index in [-0.39, 0.29) is 0 Å². The van der Waals surface area contributed by atoms with Gasteiger partial charge < -0.3 is 0 Å². The van der Waals surface area contributed by atoms with E-state index in [9.17, 15) is 0 Å². The van der Waals surface area contributed by atoms with Gasteiger partial charge in [-0.25, -0.2) is 0 Å². The van der Waals surface area contributed by atoms with E-state index in [2.05, 4.69) is 0 Å². The molecule has 0 fully saturated rings. The predicted octanol–water partition coefficient (Wildman–Crippen LogP) is 1.29. The van der Waals surface area contributed by atoms with Crippen LogP contribution in [-0.4, -0.2) is 0 Å². The Morgan fingerprint density at radius 1 is 1.00 bits per heavy atom. The van der Waals surface area contributed by atoms with Crippen molar-refractivity contribution < 1.29 is 39.5 Å². The van der Waals surface area contributed by atoms with E-state index in [1.54, 1.807) is 0 Å². The van der Waals surface area contributed by atoms with E-state index in [0.717, 1.165) is 0 Å². The Kier molecular flexibility index (Phi) is 8.00. The molecule has 0 aromatic rings. The molecule has 0 aliphatic heterocycles. The second kappa shape index (κ2) is 5.18. The van der Waals surface area contributed by atoms with Crippen LogP contribution < -0.4 is 0 Å². The van der Waals surface area contributed by atoms with Crippen molar-refractivity contribution in [3.8, 4) is 0 Å². The third kappa shape index (κ3) is 4.18. The first kappa shape index (κ1) is 6.18. The molecule has 0 atom stereocenters. The molecule has 0 aliphatic rings. The van der Waals surface area contributed by atoms with E-state index < -0.39 is 0 Å². The van der Waals surface area contributed by atoms with Crippen LogP contribution in [-0.2, 0) is 39.5 Å². The normalized spacial score (nSPS) is 7.00. The minimum absolute atomic E-state index is 1.46. The Balaban J connectivity index is 1.97. The summed E-state index contributed by atoms with van der Waals surface area (Å²) < 4.78 is 0. The van der Waals surface area contributed by atoms with Crippen LogP contribution in [0.4, 0.5) is 0 Å². The quantitative estimate of drug-likeness (QED) is 0.581. The molecule has 22 valence electrons. The average Bonchev–Trinajstić information content (AvgIpc) is 1.37. The van der Waals surface area contributed by atoms with Crippen LogP contribution in [0.2, 0.25) is 0 Å². The third-order valence-electron chi connectivity index (χ3n) is 0.0333. The van der Waals surface area contributed by atoms with E-state index in [4.69, 9.17) is 0 Å². The maximum atomic E-state index is 1.93. The van der Waals surface area contributed by atoms with Crippen LogP contribution in [0.3, 0.4) is 0 Å². The molecule has 0 unspecified atom stereocenters. The molecule has 0 heterocycles. The van der Waals surface area contributed by atoms with Gasteiger partial charge in [0, 0.05) is 0 Å². The van der Waals surface area contributed by atoms with E-state index in [1.807, 2.05) is 16.5 Å². The van der Waals surface area contributed by atoms with Crippen molar-refractivity contribution in [2.45, 2.75) is 0 Å². The fraction of sp³-hybridized carbons (Fsp3) is 0. The third-order valence-corrected chi connectivity index (χ3v) is 20.1. The van der Waals surface area contributed by atoms with E-state index in [0.29, 0.717) is 0 Å². The molecule has 0 saturated carbocycles. The maximum absolute atomic E-state index is 1.93. The van der Waals surface area contributed by atoms with Crippen LogP contribution in [0.5, 0.6) is 0 Å². The van der Waals surface area contributed by atoms with Gasteiger partial charge in [0.05, 0.1) is 0 Å². The SMILES string of the molecule is [Ta][S][S][Ta]. The molecule has 0 saturated heterocycles. The van der Waals surface area contributed by atoms with Gasteiger partial charge in [-0.05, 0) is 0 Å². The van der Waals surface area contributed by atoms with Crippen LogP contribution >= 0.6 is 16.5 Å². The minimum atomic E-state index is 1.46. The van der Waals surface area contributed by atoms with Crippen LogP contribution in [0.1, 0.15) is 0 Å². The molecule has 0 aromatic heterocycles. The summed E-state index contributed by atoms with van der Waals surface area (Å²) in [4.78, 5) is 0. The Labute approximate surface area is 55.3 Å². The number of hydrogen-bond acceptors (Lipinski definition) is 2. The molecular weight excluding hydrogens is 426 g/mol. The zero-order valence-corrected chi connectivity index (χ0v) is 9.77. The molecule has 0 spiro atoms. The number of rotatable bonds is 1.